The Balaban J connectivity index is 2.10. The van der Waals surface area contributed by atoms with E-state index in [0.29, 0.717) is 22.7 Å². The minimum absolute atomic E-state index is 0.0998. The molecule has 4 amide bonds. The van der Waals surface area contributed by atoms with Crippen LogP contribution in [0, 0.1) is 26.7 Å². The van der Waals surface area contributed by atoms with Crippen molar-refractivity contribution in [3.05, 3.63) is 63.7 Å². The molecule has 1 saturated carbocycles. The molecule has 9 nitrogen and oxygen atoms in total. The Hall–Kier alpha value is -3.59. The number of benzene rings is 2. The number of ether oxygens (including phenoxy) is 1. The zero-order valence-electron chi connectivity index (χ0n) is 24.1. The lowest BCUT2D eigenvalue weighted by Crippen LogP contribution is -2.54. The smallest absolute Gasteiger partial charge is 0.408 e. The topological polar surface area (TPSA) is 131 Å². The van der Waals surface area contributed by atoms with Crippen molar-refractivity contribution in [2.75, 3.05) is 5.32 Å². The number of anilines is 1. The van der Waals surface area contributed by atoms with Crippen molar-refractivity contribution in [1.29, 1.82) is 0 Å². The Morgan fingerprint density at radius 1 is 1.10 bits per heavy atom. The molecular weight excluding hydrogens is 532 g/mol. The summed E-state index contributed by atoms with van der Waals surface area (Å²) in [5, 5.41) is 5.81. The standard InChI is InChI=1S/C30H39ClN4O5/c1-16-11-12-20(18(3)13-16)26(27(37)34-25-17(2)9-8-10-21(25)31)35(23-14-19(23)4)28(38)22(15-24(32)36)33-29(39)40-30(5,6)7/h8-13,19,22-23,26H,14-15H2,1-7H3,(H2,32,36)(H,33,39)(H,34,37). The number of amides is 4. The molecule has 0 aliphatic heterocycles. The van der Waals surface area contributed by atoms with Crippen LogP contribution < -0.4 is 16.4 Å². The molecule has 4 N–H and O–H groups in total. The lowest BCUT2D eigenvalue weighted by atomic mass is 9.95. The first kappa shape index (κ1) is 30.9. The SMILES string of the molecule is Cc1ccc(C(C(=O)Nc2c(C)cccc2Cl)N(C(=O)C(CC(N)=O)NC(=O)OC(C)(C)C)C2CC2C)c(C)c1. The third-order valence-corrected chi connectivity index (χ3v) is 7.10. The number of para-hydroxylation sites is 1. The number of hydrogen-bond donors (Lipinski definition) is 3. The van der Waals surface area contributed by atoms with E-state index >= 15 is 0 Å². The second kappa shape index (κ2) is 12.3. The monoisotopic (exact) mass is 570 g/mol. The summed E-state index contributed by atoms with van der Waals surface area (Å²) in [4.78, 5) is 54.5. The van der Waals surface area contributed by atoms with Crippen LogP contribution in [0.25, 0.3) is 0 Å². The first-order valence-electron chi connectivity index (χ1n) is 13.3. The number of nitrogens with two attached hydrogens (primary N) is 1. The van der Waals surface area contributed by atoms with Crippen LogP contribution in [0.4, 0.5) is 10.5 Å². The molecule has 4 unspecified atom stereocenters. The normalized spacial score (nSPS) is 17.8. The summed E-state index contributed by atoms with van der Waals surface area (Å²) in [5.74, 6) is -1.75. The second-order valence-electron chi connectivity index (χ2n) is 11.6. The average Bonchev–Trinajstić information content (AvgIpc) is 3.53. The predicted octanol–water partition coefficient (Wildman–Crippen LogP) is 4.95. The van der Waals surface area contributed by atoms with Crippen molar-refractivity contribution < 1.29 is 23.9 Å². The molecule has 216 valence electrons. The number of nitrogens with one attached hydrogen (secondary N) is 2. The Labute approximate surface area is 240 Å². The average molecular weight is 571 g/mol. The summed E-state index contributed by atoms with van der Waals surface area (Å²) in [6, 6.07) is 8.23. The number of nitrogens with zero attached hydrogens (tertiary/aromatic N) is 1. The van der Waals surface area contributed by atoms with E-state index in [1.807, 2.05) is 52.0 Å². The zero-order valence-corrected chi connectivity index (χ0v) is 24.9. The van der Waals surface area contributed by atoms with Gasteiger partial charge in [-0.2, -0.15) is 0 Å². The van der Waals surface area contributed by atoms with Crippen LogP contribution in [0.5, 0.6) is 0 Å². The Bertz CT molecular complexity index is 1290. The van der Waals surface area contributed by atoms with Crippen LogP contribution in [0.1, 0.15) is 68.8 Å². The maximum Gasteiger partial charge on any atom is 0.408 e. The van der Waals surface area contributed by atoms with Gasteiger partial charge in [-0.15, -0.1) is 0 Å². The summed E-state index contributed by atoms with van der Waals surface area (Å²) in [7, 11) is 0. The molecule has 2 aromatic rings. The molecule has 0 spiro atoms. The van der Waals surface area contributed by atoms with E-state index in [2.05, 4.69) is 10.6 Å². The first-order chi connectivity index (χ1) is 18.6. The van der Waals surface area contributed by atoms with E-state index in [-0.39, 0.29) is 12.0 Å². The van der Waals surface area contributed by atoms with Gasteiger partial charge in [0.2, 0.25) is 11.8 Å². The van der Waals surface area contributed by atoms with Gasteiger partial charge in [0.05, 0.1) is 17.1 Å². The maximum atomic E-state index is 14.2. The molecule has 0 radical (unpaired) electrons. The van der Waals surface area contributed by atoms with Crippen molar-refractivity contribution in [3.63, 3.8) is 0 Å². The maximum absolute atomic E-state index is 14.2. The van der Waals surface area contributed by atoms with Crippen molar-refractivity contribution in [1.82, 2.24) is 10.2 Å². The molecule has 1 aliphatic rings. The fraction of sp³-hybridized carbons (Fsp3) is 0.467. The number of carbonyl (C=O) groups excluding carboxylic acids is 4. The fourth-order valence-electron chi connectivity index (χ4n) is 4.73. The summed E-state index contributed by atoms with van der Waals surface area (Å²) < 4.78 is 5.34. The van der Waals surface area contributed by atoms with Crippen LogP contribution in [0.15, 0.2) is 36.4 Å². The minimum Gasteiger partial charge on any atom is -0.444 e. The molecule has 0 saturated heterocycles. The summed E-state index contributed by atoms with van der Waals surface area (Å²) in [5.41, 5.74) is 8.29. The molecule has 3 rings (SSSR count). The molecule has 4 atom stereocenters. The van der Waals surface area contributed by atoms with Crippen LogP contribution in [0.2, 0.25) is 5.02 Å². The van der Waals surface area contributed by atoms with E-state index in [0.717, 1.165) is 16.7 Å². The number of carbonyl (C=O) groups is 4. The first-order valence-corrected chi connectivity index (χ1v) is 13.7. The van der Waals surface area contributed by atoms with Gasteiger partial charge >= 0.3 is 6.09 Å². The third-order valence-electron chi connectivity index (χ3n) is 6.79. The number of halogens is 1. The second-order valence-corrected chi connectivity index (χ2v) is 12.0. The van der Waals surface area contributed by atoms with Gasteiger partial charge in [-0.1, -0.05) is 54.4 Å². The quantitative estimate of drug-likeness (QED) is 0.392. The Morgan fingerprint density at radius 3 is 2.27 bits per heavy atom. The molecule has 0 aromatic heterocycles. The number of alkyl carbamates (subject to hydrolysis) is 1. The molecule has 0 bridgehead atoms. The van der Waals surface area contributed by atoms with Gasteiger partial charge in [-0.25, -0.2) is 4.79 Å². The van der Waals surface area contributed by atoms with Gasteiger partial charge in [0.15, 0.2) is 0 Å². The van der Waals surface area contributed by atoms with Gasteiger partial charge in [-0.3, -0.25) is 14.4 Å². The fourth-order valence-corrected chi connectivity index (χ4v) is 5.00. The molecule has 0 heterocycles. The highest BCUT2D eigenvalue weighted by Crippen LogP contribution is 2.42. The van der Waals surface area contributed by atoms with E-state index in [1.165, 1.54) is 4.90 Å². The highest BCUT2D eigenvalue weighted by Gasteiger charge is 2.48. The zero-order chi connectivity index (χ0) is 29.9. The van der Waals surface area contributed by atoms with Crippen molar-refractivity contribution >= 4 is 41.1 Å². The summed E-state index contributed by atoms with van der Waals surface area (Å²) >= 11 is 6.43. The van der Waals surface area contributed by atoms with Crippen molar-refractivity contribution in [3.8, 4) is 0 Å². The molecule has 1 aliphatic carbocycles. The van der Waals surface area contributed by atoms with Crippen LogP contribution in [0.3, 0.4) is 0 Å². The van der Waals surface area contributed by atoms with Gasteiger partial charge in [0.1, 0.15) is 17.7 Å². The lowest BCUT2D eigenvalue weighted by molar-refractivity contribution is -0.142. The molecule has 40 heavy (non-hydrogen) atoms. The molecule has 2 aromatic carbocycles. The molecule has 10 heteroatoms. The van der Waals surface area contributed by atoms with Crippen LogP contribution >= 0.6 is 11.6 Å². The summed E-state index contributed by atoms with van der Waals surface area (Å²) in [6.45, 7) is 12.7. The van der Waals surface area contributed by atoms with E-state index in [1.54, 1.807) is 32.9 Å². The third kappa shape index (κ3) is 7.75. The predicted molar refractivity (Wildman–Crippen MR) is 155 cm³/mol. The van der Waals surface area contributed by atoms with Gasteiger partial charge in [-0.05, 0) is 76.6 Å². The Kier molecular flexibility index (Phi) is 9.51. The van der Waals surface area contributed by atoms with E-state index < -0.39 is 47.9 Å². The highest BCUT2D eigenvalue weighted by molar-refractivity contribution is 6.34. The van der Waals surface area contributed by atoms with Crippen LogP contribution in [-0.4, -0.2) is 46.4 Å². The van der Waals surface area contributed by atoms with E-state index in [4.69, 9.17) is 22.1 Å². The number of rotatable bonds is 9. The van der Waals surface area contributed by atoms with Gasteiger partial charge in [0.25, 0.3) is 5.91 Å². The van der Waals surface area contributed by atoms with Crippen molar-refractivity contribution in [2.24, 2.45) is 11.7 Å². The number of aryl methyl sites for hydroxylation is 3. The highest BCUT2D eigenvalue weighted by atomic mass is 35.5. The van der Waals surface area contributed by atoms with Crippen LogP contribution in [-0.2, 0) is 19.1 Å². The van der Waals surface area contributed by atoms with E-state index in [9.17, 15) is 19.2 Å². The minimum atomic E-state index is -1.33. The summed E-state index contributed by atoms with van der Waals surface area (Å²) in [6.07, 6.45) is -0.669. The molecule has 1 fully saturated rings. The van der Waals surface area contributed by atoms with Gasteiger partial charge < -0.3 is 26.0 Å². The largest absolute Gasteiger partial charge is 0.444 e. The number of hydrogen-bond acceptors (Lipinski definition) is 5. The lowest BCUT2D eigenvalue weighted by Gasteiger charge is -2.35. The Morgan fingerprint density at radius 2 is 1.75 bits per heavy atom. The van der Waals surface area contributed by atoms with Crippen molar-refractivity contribution in [2.45, 2.75) is 85.0 Å². The number of primary amides is 1. The van der Waals surface area contributed by atoms with Gasteiger partial charge in [0, 0.05) is 6.04 Å². The molecular formula is C30H39ClN4O5.